The number of hydrogen-bond donors (Lipinski definition) is 0. The highest BCUT2D eigenvalue weighted by Crippen LogP contribution is 2.41. The van der Waals surface area contributed by atoms with Gasteiger partial charge in [0, 0.05) is 26.7 Å². The number of aromatic nitrogens is 2. The lowest BCUT2D eigenvalue weighted by Crippen LogP contribution is -2.51. The van der Waals surface area contributed by atoms with Crippen molar-refractivity contribution in [3.8, 4) is 0 Å². The molecule has 3 aliphatic rings. The van der Waals surface area contributed by atoms with Gasteiger partial charge in [0.2, 0.25) is 5.91 Å². The Hall–Kier alpha value is -1.88. The smallest absolute Gasteiger partial charge is 0.230 e. The second kappa shape index (κ2) is 6.62. The van der Waals surface area contributed by atoms with E-state index in [9.17, 15) is 4.79 Å². The van der Waals surface area contributed by atoms with Crippen LogP contribution in [0.25, 0.3) is 11.0 Å². The third-order valence-electron chi connectivity index (χ3n) is 7.21. The summed E-state index contributed by atoms with van der Waals surface area (Å²) in [6.07, 6.45) is 7.22. The van der Waals surface area contributed by atoms with Gasteiger partial charge >= 0.3 is 0 Å². The lowest BCUT2D eigenvalue weighted by Gasteiger charge is -2.42. The fourth-order valence-corrected chi connectivity index (χ4v) is 5.32. The van der Waals surface area contributed by atoms with E-state index in [1.165, 1.54) is 31.2 Å². The van der Waals surface area contributed by atoms with Crippen molar-refractivity contribution in [3.63, 3.8) is 0 Å². The summed E-state index contributed by atoms with van der Waals surface area (Å²) in [6.45, 7) is 4.72. The summed E-state index contributed by atoms with van der Waals surface area (Å²) in [4.78, 5) is 22.8. The minimum atomic E-state index is -0.132. The number of carbonyl (C=O) groups is 1. The Morgan fingerprint density at radius 2 is 2.00 bits per heavy atom. The first-order chi connectivity index (χ1) is 13.1. The molecule has 1 aromatic carbocycles. The molecular weight excluding hydrogens is 336 g/mol. The van der Waals surface area contributed by atoms with Crippen LogP contribution in [0.2, 0.25) is 0 Å². The number of benzene rings is 1. The molecule has 2 saturated heterocycles. The van der Waals surface area contributed by atoms with Gasteiger partial charge in [0.15, 0.2) is 0 Å². The Kier molecular flexibility index (Phi) is 4.23. The number of para-hydroxylation sites is 2. The average Bonchev–Trinajstić information content (AvgIpc) is 3.18. The van der Waals surface area contributed by atoms with Crippen LogP contribution in [-0.4, -0.2) is 51.4 Å². The predicted molar refractivity (Wildman–Crippen MR) is 106 cm³/mol. The molecule has 1 spiro atoms. The third-order valence-corrected chi connectivity index (χ3v) is 7.21. The van der Waals surface area contributed by atoms with E-state index in [1.54, 1.807) is 0 Å². The normalized spacial score (nSPS) is 27.0. The highest BCUT2D eigenvalue weighted by atomic mass is 16.2. The topological polar surface area (TPSA) is 41.4 Å². The zero-order chi connectivity index (χ0) is 18.4. The van der Waals surface area contributed by atoms with E-state index in [-0.39, 0.29) is 5.41 Å². The Balaban J connectivity index is 1.29. The molecule has 1 saturated carbocycles. The quantitative estimate of drug-likeness (QED) is 0.834. The first kappa shape index (κ1) is 17.2. The van der Waals surface area contributed by atoms with Crippen molar-refractivity contribution in [2.24, 2.45) is 18.4 Å². The molecule has 1 aromatic heterocycles. The zero-order valence-corrected chi connectivity index (χ0v) is 16.4. The van der Waals surface area contributed by atoms with Crippen LogP contribution < -0.4 is 0 Å². The van der Waals surface area contributed by atoms with Gasteiger partial charge in [0.25, 0.3) is 0 Å². The highest BCUT2D eigenvalue weighted by Gasteiger charge is 2.48. The van der Waals surface area contributed by atoms with E-state index in [0.717, 1.165) is 62.8 Å². The van der Waals surface area contributed by atoms with Crippen molar-refractivity contribution in [1.29, 1.82) is 0 Å². The number of amides is 1. The summed E-state index contributed by atoms with van der Waals surface area (Å²) in [5.74, 6) is 2.30. The van der Waals surface area contributed by atoms with Gasteiger partial charge in [-0.25, -0.2) is 4.98 Å². The standard InChI is InChI=1S/C22H30N4O/c1-24-19-9-3-2-8-18(19)23-20(24)15-25-13-11-22(16-25)10-5-12-26(21(22)27)14-17-6-4-7-17/h2-3,8-9,17H,4-7,10-16H2,1H3/t22-/m0/s1. The number of rotatable bonds is 4. The van der Waals surface area contributed by atoms with Crippen molar-refractivity contribution in [2.45, 2.75) is 45.1 Å². The molecule has 2 aliphatic heterocycles. The second-order valence-electron chi connectivity index (χ2n) is 8.97. The molecule has 0 N–H and O–H groups in total. The largest absolute Gasteiger partial charge is 0.342 e. The molecule has 5 nitrogen and oxygen atoms in total. The van der Waals surface area contributed by atoms with E-state index >= 15 is 0 Å². The maximum atomic E-state index is 13.3. The number of piperidine rings is 1. The molecule has 1 aliphatic carbocycles. The molecule has 0 radical (unpaired) electrons. The SMILES string of the molecule is Cn1c(CN2CC[C@@]3(CCCN(CC4CCC4)C3=O)C2)nc2ccccc21. The number of nitrogens with zero attached hydrogens (tertiary/aromatic N) is 4. The number of aryl methyl sites for hydroxylation is 1. The van der Waals surface area contributed by atoms with Crippen molar-refractivity contribution in [3.05, 3.63) is 30.1 Å². The predicted octanol–water partition coefficient (Wildman–Crippen LogP) is 3.19. The molecule has 3 fully saturated rings. The van der Waals surface area contributed by atoms with E-state index in [4.69, 9.17) is 4.98 Å². The van der Waals surface area contributed by atoms with E-state index in [1.807, 2.05) is 6.07 Å². The van der Waals surface area contributed by atoms with E-state index in [0.29, 0.717) is 5.91 Å². The molecule has 144 valence electrons. The Morgan fingerprint density at radius 1 is 1.15 bits per heavy atom. The summed E-state index contributed by atoms with van der Waals surface area (Å²) >= 11 is 0. The average molecular weight is 367 g/mol. The highest BCUT2D eigenvalue weighted by molar-refractivity contribution is 5.84. The van der Waals surface area contributed by atoms with Crippen LogP contribution in [0.4, 0.5) is 0 Å². The monoisotopic (exact) mass is 366 g/mol. The molecule has 1 amide bonds. The molecule has 1 atom stereocenters. The van der Waals surface area contributed by atoms with Gasteiger partial charge in [-0.2, -0.15) is 0 Å². The van der Waals surface area contributed by atoms with Crippen LogP contribution in [0.3, 0.4) is 0 Å². The van der Waals surface area contributed by atoms with Gasteiger partial charge in [0.05, 0.1) is 23.0 Å². The molecule has 5 rings (SSSR count). The number of carbonyl (C=O) groups excluding carboxylic acids is 1. The van der Waals surface area contributed by atoms with Gasteiger partial charge in [-0.1, -0.05) is 18.6 Å². The Bertz CT molecular complexity index is 855. The van der Waals surface area contributed by atoms with E-state index < -0.39 is 0 Å². The van der Waals surface area contributed by atoms with Crippen molar-refractivity contribution in [2.75, 3.05) is 26.2 Å². The lowest BCUT2D eigenvalue weighted by atomic mass is 9.77. The van der Waals surface area contributed by atoms with Crippen LogP contribution >= 0.6 is 0 Å². The third kappa shape index (κ3) is 2.96. The number of hydrogen-bond acceptors (Lipinski definition) is 3. The molecular formula is C22H30N4O. The molecule has 0 bridgehead atoms. The summed E-state index contributed by atoms with van der Waals surface area (Å²) < 4.78 is 2.20. The van der Waals surface area contributed by atoms with Gasteiger partial charge < -0.3 is 9.47 Å². The van der Waals surface area contributed by atoms with Gasteiger partial charge in [-0.05, 0) is 56.7 Å². The van der Waals surface area contributed by atoms with Crippen molar-refractivity contribution < 1.29 is 4.79 Å². The molecule has 5 heteroatoms. The Morgan fingerprint density at radius 3 is 2.78 bits per heavy atom. The summed E-state index contributed by atoms with van der Waals surface area (Å²) in [5.41, 5.74) is 2.11. The fourth-order valence-electron chi connectivity index (χ4n) is 5.32. The summed E-state index contributed by atoms with van der Waals surface area (Å²) in [6, 6.07) is 8.31. The molecule has 0 unspecified atom stereocenters. The fraction of sp³-hybridized carbons (Fsp3) is 0.636. The van der Waals surface area contributed by atoms with Crippen molar-refractivity contribution >= 4 is 16.9 Å². The van der Waals surface area contributed by atoms with Crippen LogP contribution in [0.5, 0.6) is 0 Å². The second-order valence-corrected chi connectivity index (χ2v) is 8.97. The number of fused-ring (bicyclic) bond motifs is 1. The first-order valence-corrected chi connectivity index (χ1v) is 10.6. The van der Waals surface area contributed by atoms with Crippen LogP contribution in [0.15, 0.2) is 24.3 Å². The van der Waals surface area contributed by atoms with E-state index in [2.05, 4.69) is 39.6 Å². The number of likely N-dealkylation sites (tertiary alicyclic amines) is 2. The summed E-state index contributed by atoms with van der Waals surface area (Å²) in [5, 5.41) is 0. The minimum absolute atomic E-state index is 0.132. The van der Waals surface area contributed by atoms with Gasteiger partial charge in [0.1, 0.15) is 5.82 Å². The number of imidazole rings is 1. The van der Waals surface area contributed by atoms with Crippen LogP contribution in [-0.2, 0) is 18.4 Å². The molecule has 3 heterocycles. The molecule has 27 heavy (non-hydrogen) atoms. The van der Waals surface area contributed by atoms with Gasteiger partial charge in [-0.3, -0.25) is 9.69 Å². The lowest BCUT2D eigenvalue weighted by molar-refractivity contribution is -0.146. The summed E-state index contributed by atoms with van der Waals surface area (Å²) in [7, 11) is 2.10. The Labute approximate surface area is 161 Å². The zero-order valence-electron chi connectivity index (χ0n) is 16.4. The minimum Gasteiger partial charge on any atom is -0.342 e. The first-order valence-electron chi connectivity index (χ1n) is 10.6. The maximum Gasteiger partial charge on any atom is 0.230 e. The maximum absolute atomic E-state index is 13.3. The van der Waals surface area contributed by atoms with Crippen molar-refractivity contribution in [1.82, 2.24) is 19.4 Å². The van der Waals surface area contributed by atoms with Crippen LogP contribution in [0.1, 0.15) is 44.3 Å². The van der Waals surface area contributed by atoms with Crippen LogP contribution in [0, 0.1) is 11.3 Å². The van der Waals surface area contributed by atoms with Gasteiger partial charge in [-0.15, -0.1) is 0 Å². The molecule has 2 aromatic rings.